The van der Waals surface area contributed by atoms with Crippen LogP contribution in [-0.2, 0) is 19.3 Å². The molecule has 0 saturated heterocycles. The van der Waals surface area contributed by atoms with Gasteiger partial charge in [0.25, 0.3) is 0 Å². The number of aliphatic imine (C=N–C) groups is 2. The molecule has 0 bridgehead atoms. The van der Waals surface area contributed by atoms with Crippen LogP contribution in [0.15, 0.2) is 117 Å². The van der Waals surface area contributed by atoms with E-state index in [0.717, 1.165) is 11.1 Å². The summed E-state index contributed by atoms with van der Waals surface area (Å²) in [5.74, 6) is 1.30. The Bertz CT molecular complexity index is 1610. The zero-order valence-corrected chi connectivity index (χ0v) is 22.4. The summed E-state index contributed by atoms with van der Waals surface area (Å²) >= 11 is 0. The molecule has 8 heteroatoms. The van der Waals surface area contributed by atoms with E-state index in [9.17, 15) is 8.42 Å². The van der Waals surface area contributed by atoms with E-state index in [-0.39, 0.29) is 9.79 Å². The van der Waals surface area contributed by atoms with Crippen LogP contribution in [0.4, 0.5) is 11.4 Å². The highest BCUT2D eigenvalue weighted by Crippen LogP contribution is 2.29. The molecular weight excluding hydrogens is 500 g/mol. The van der Waals surface area contributed by atoms with Crippen LogP contribution in [0.2, 0.25) is 0 Å². The first-order valence-electron chi connectivity index (χ1n) is 11.8. The summed E-state index contributed by atoms with van der Waals surface area (Å²) in [6.45, 7) is 1.96. The molecule has 0 N–H and O–H groups in total. The minimum atomic E-state index is -3.86. The first kappa shape index (κ1) is 26.6. The van der Waals surface area contributed by atoms with Gasteiger partial charge < -0.3 is 14.2 Å². The molecule has 0 unspecified atom stereocenters. The van der Waals surface area contributed by atoms with E-state index in [0.29, 0.717) is 34.5 Å². The topological polar surface area (TPSA) is 86.6 Å². The number of rotatable bonds is 7. The molecule has 38 heavy (non-hydrogen) atoms. The van der Waals surface area contributed by atoms with E-state index in [4.69, 9.17) is 14.2 Å². The van der Waals surface area contributed by atoms with Gasteiger partial charge in [-0.1, -0.05) is 42.5 Å². The monoisotopic (exact) mass is 528 g/mol. The Labute approximate surface area is 223 Å². The Hall–Kier alpha value is -4.43. The summed E-state index contributed by atoms with van der Waals surface area (Å²) in [6.07, 6.45) is 0. The van der Waals surface area contributed by atoms with Crippen molar-refractivity contribution in [2.45, 2.75) is 16.7 Å². The molecule has 0 atom stereocenters. The summed E-state index contributed by atoms with van der Waals surface area (Å²) in [6, 6.07) is 27.9. The number of aryl methyl sites for hydroxylation is 1. The molecule has 0 aliphatic carbocycles. The van der Waals surface area contributed by atoms with E-state index in [1.165, 1.54) is 32.4 Å². The Morgan fingerprint density at radius 2 is 1.13 bits per heavy atom. The first-order chi connectivity index (χ1) is 18.4. The molecule has 0 aliphatic rings. The quantitative estimate of drug-likeness (QED) is 0.208. The fourth-order valence-electron chi connectivity index (χ4n) is 3.88. The van der Waals surface area contributed by atoms with Crippen LogP contribution in [0, 0.1) is 6.92 Å². The lowest BCUT2D eigenvalue weighted by Crippen LogP contribution is -2.06. The predicted molar refractivity (Wildman–Crippen MR) is 149 cm³/mol. The van der Waals surface area contributed by atoms with Gasteiger partial charge >= 0.3 is 0 Å². The van der Waals surface area contributed by atoms with Crippen LogP contribution in [0.3, 0.4) is 0 Å². The number of sulfone groups is 1. The van der Waals surface area contributed by atoms with Crippen molar-refractivity contribution in [1.29, 1.82) is 0 Å². The van der Waals surface area contributed by atoms with E-state index >= 15 is 0 Å². The Balaban J connectivity index is 1.70. The summed E-state index contributed by atoms with van der Waals surface area (Å²) in [5.41, 5.74) is 3.36. The summed E-state index contributed by atoms with van der Waals surface area (Å²) in [7, 11) is 0.741. The third kappa shape index (κ3) is 5.76. The largest absolute Gasteiger partial charge is 0.496 e. The van der Waals surface area contributed by atoms with Crippen molar-refractivity contribution >= 4 is 33.0 Å². The maximum atomic E-state index is 13.6. The van der Waals surface area contributed by atoms with Gasteiger partial charge in [-0.3, -0.25) is 0 Å². The third-order valence-electron chi connectivity index (χ3n) is 5.82. The van der Waals surface area contributed by atoms with Crippen molar-refractivity contribution in [3.05, 3.63) is 114 Å². The normalized spacial score (nSPS) is 12.2. The third-order valence-corrected chi connectivity index (χ3v) is 7.57. The van der Waals surface area contributed by atoms with Crippen molar-refractivity contribution in [2.75, 3.05) is 21.3 Å². The van der Waals surface area contributed by atoms with Gasteiger partial charge in [-0.2, -0.15) is 0 Å². The molecular formula is C30H28N2O5S. The van der Waals surface area contributed by atoms with Gasteiger partial charge in [0.15, 0.2) is 0 Å². The molecule has 7 nitrogen and oxygen atoms in total. The van der Waals surface area contributed by atoms with E-state index in [1.54, 1.807) is 43.5 Å². The summed E-state index contributed by atoms with van der Waals surface area (Å²) in [5, 5.41) is 0. The zero-order valence-electron chi connectivity index (χ0n) is 21.6. The molecule has 0 radical (unpaired) electrons. The maximum absolute atomic E-state index is 13.6. The zero-order chi connectivity index (χ0) is 27.1. The second-order valence-corrected chi connectivity index (χ2v) is 10.2. The van der Waals surface area contributed by atoms with Crippen molar-refractivity contribution in [1.82, 2.24) is 0 Å². The van der Waals surface area contributed by atoms with Crippen molar-refractivity contribution < 1.29 is 22.6 Å². The molecule has 0 fully saturated rings. The van der Waals surface area contributed by atoms with Gasteiger partial charge in [-0.15, -0.1) is 0 Å². The average Bonchev–Trinajstić information content (AvgIpc) is 2.95. The van der Waals surface area contributed by atoms with Crippen LogP contribution in [-0.4, -0.2) is 41.5 Å². The van der Waals surface area contributed by atoms with E-state index in [1.807, 2.05) is 49.4 Å². The fraction of sp³-hybridized carbons (Fsp3) is 0.133. The first-order valence-corrected chi connectivity index (χ1v) is 13.3. The molecule has 0 aliphatic heterocycles. The number of ether oxygens (including phenoxy) is 3. The number of hydrogen-bond donors (Lipinski definition) is 0. The number of para-hydroxylation sites is 1. The Kier molecular flexibility index (Phi) is 8.23. The van der Waals surface area contributed by atoms with Gasteiger partial charge in [0.05, 0.1) is 48.1 Å². The van der Waals surface area contributed by atoms with Crippen LogP contribution >= 0.6 is 0 Å². The lowest BCUT2D eigenvalue weighted by molar-refractivity contribution is 0.390. The van der Waals surface area contributed by atoms with Crippen LogP contribution in [0.25, 0.3) is 0 Å². The highest BCUT2D eigenvalue weighted by atomic mass is 32.2. The lowest BCUT2D eigenvalue weighted by Gasteiger charge is -2.11. The smallest absolute Gasteiger partial charge is 0.224 e. The van der Waals surface area contributed by atoms with E-state index < -0.39 is 9.84 Å². The van der Waals surface area contributed by atoms with Crippen LogP contribution < -0.4 is 4.74 Å². The van der Waals surface area contributed by atoms with Gasteiger partial charge in [-0.25, -0.2) is 18.4 Å². The Morgan fingerprint density at radius 3 is 1.66 bits per heavy atom. The second-order valence-electron chi connectivity index (χ2n) is 8.26. The molecule has 194 valence electrons. The summed E-state index contributed by atoms with van der Waals surface area (Å²) < 4.78 is 43.5. The lowest BCUT2D eigenvalue weighted by atomic mass is 10.1. The number of nitrogens with zero attached hydrogens (tertiary/aromatic N) is 2. The molecule has 4 aromatic carbocycles. The van der Waals surface area contributed by atoms with Gasteiger partial charge in [0, 0.05) is 5.56 Å². The van der Waals surface area contributed by atoms with Gasteiger partial charge in [0.2, 0.25) is 21.6 Å². The van der Waals surface area contributed by atoms with Gasteiger partial charge in [0.1, 0.15) is 5.75 Å². The molecule has 0 aromatic heterocycles. The fourth-order valence-corrected chi connectivity index (χ4v) is 5.22. The predicted octanol–water partition coefficient (Wildman–Crippen LogP) is 6.29. The van der Waals surface area contributed by atoms with Crippen molar-refractivity contribution in [3.63, 3.8) is 0 Å². The molecule has 4 rings (SSSR count). The van der Waals surface area contributed by atoms with Crippen LogP contribution in [0.5, 0.6) is 5.75 Å². The second kappa shape index (κ2) is 11.7. The van der Waals surface area contributed by atoms with Gasteiger partial charge in [-0.05, 0) is 67.1 Å². The molecule has 0 heterocycles. The molecule has 0 saturated carbocycles. The standard InChI is InChI=1S/C30H28N2O5S/c1-21-11-5-6-16-26(21)29(36-3)31-22-12-9-14-24(19-22)38(33,34)25-15-10-13-23(20-25)32-30(37-4)27-17-7-8-18-28(27)35-2/h5-20H,1-4H3. The van der Waals surface area contributed by atoms with Crippen molar-refractivity contribution in [3.8, 4) is 5.75 Å². The Morgan fingerprint density at radius 1 is 0.632 bits per heavy atom. The number of hydrogen-bond acceptors (Lipinski definition) is 7. The van der Waals surface area contributed by atoms with Crippen molar-refractivity contribution in [2.24, 2.45) is 9.98 Å². The van der Waals surface area contributed by atoms with E-state index in [2.05, 4.69) is 9.98 Å². The number of methoxy groups -OCH3 is 3. The highest BCUT2D eigenvalue weighted by Gasteiger charge is 2.19. The highest BCUT2D eigenvalue weighted by molar-refractivity contribution is 7.91. The molecule has 0 amide bonds. The van der Waals surface area contributed by atoms with Crippen LogP contribution in [0.1, 0.15) is 16.7 Å². The molecule has 0 spiro atoms. The average molecular weight is 529 g/mol. The maximum Gasteiger partial charge on any atom is 0.224 e. The summed E-state index contributed by atoms with van der Waals surface area (Å²) in [4.78, 5) is 9.33. The number of benzene rings is 4. The minimum absolute atomic E-state index is 0.0984. The SMILES string of the molecule is COC(=Nc1cccc(S(=O)(=O)c2cccc(N=C(OC)c3ccccc3OC)c2)c1)c1ccccc1C. The molecule has 4 aromatic rings. The minimum Gasteiger partial charge on any atom is -0.496 e.